The molecule has 0 aromatic heterocycles. The van der Waals surface area contributed by atoms with Crippen molar-refractivity contribution in [3.63, 3.8) is 0 Å². The summed E-state index contributed by atoms with van der Waals surface area (Å²) in [5.41, 5.74) is 0.427. The van der Waals surface area contributed by atoms with Crippen LogP contribution in [-0.2, 0) is 10.3 Å². The lowest BCUT2D eigenvalue weighted by Gasteiger charge is -2.21. The number of benzene rings is 2. The van der Waals surface area contributed by atoms with Gasteiger partial charge in [0.25, 0.3) is 11.8 Å². The summed E-state index contributed by atoms with van der Waals surface area (Å²) in [6.45, 7) is 1.62. The first kappa shape index (κ1) is 18.2. The van der Waals surface area contributed by atoms with Gasteiger partial charge >= 0.3 is 6.03 Å². The van der Waals surface area contributed by atoms with E-state index in [4.69, 9.17) is 9.47 Å². The third kappa shape index (κ3) is 3.41. The lowest BCUT2D eigenvalue weighted by atomic mass is 9.92. The maximum atomic E-state index is 12.5. The van der Waals surface area contributed by atoms with Crippen molar-refractivity contribution in [2.45, 2.75) is 12.5 Å². The predicted molar refractivity (Wildman–Crippen MR) is 98.0 cm³/mol. The number of ether oxygens (including phenoxy) is 2. The Morgan fingerprint density at radius 2 is 1.67 bits per heavy atom. The third-order valence-electron chi connectivity index (χ3n) is 4.41. The van der Waals surface area contributed by atoms with Crippen LogP contribution in [0.15, 0.2) is 42.5 Å². The Morgan fingerprint density at radius 1 is 1.00 bits per heavy atom. The fraction of sp³-hybridized carbons (Fsp3) is 0.211. The average molecular weight is 369 g/mol. The van der Waals surface area contributed by atoms with Crippen molar-refractivity contribution in [2.75, 3.05) is 19.5 Å². The first-order chi connectivity index (χ1) is 12.9. The zero-order valence-electron chi connectivity index (χ0n) is 15.1. The fourth-order valence-electron chi connectivity index (χ4n) is 2.81. The van der Waals surface area contributed by atoms with Crippen LogP contribution in [0.2, 0.25) is 0 Å². The van der Waals surface area contributed by atoms with Crippen LogP contribution in [0.1, 0.15) is 22.8 Å². The highest BCUT2D eigenvalue weighted by atomic mass is 16.5. The van der Waals surface area contributed by atoms with E-state index in [0.717, 1.165) is 0 Å². The summed E-state index contributed by atoms with van der Waals surface area (Å²) >= 11 is 0. The number of nitrogens with one attached hydrogen (secondary N) is 3. The summed E-state index contributed by atoms with van der Waals surface area (Å²) < 4.78 is 10.4. The highest BCUT2D eigenvalue weighted by Crippen LogP contribution is 2.28. The summed E-state index contributed by atoms with van der Waals surface area (Å²) in [6.07, 6.45) is 0. The van der Waals surface area contributed by atoms with Crippen LogP contribution < -0.4 is 25.4 Å². The summed E-state index contributed by atoms with van der Waals surface area (Å²) in [7, 11) is 3.02. The number of urea groups is 1. The van der Waals surface area contributed by atoms with Gasteiger partial charge in [-0.1, -0.05) is 12.1 Å². The van der Waals surface area contributed by atoms with Crippen LogP contribution in [0.5, 0.6) is 11.5 Å². The maximum Gasteiger partial charge on any atom is 0.322 e. The van der Waals surface area contributed by atoms with Gasteiger partial charge in [0.05, 0.1) is 14.2 Å². The standard InChI is InChI=1S/C19H19N3O5/c1-19(17(24)21-18(25)22-19)12-5-7-13(8-6-12)20-16(23)11-4-9-14(26-2)15(10-11)27-3/h4-10H,1-3H3,(H,20,23)(H2,21,22,24,25). The predicted octanol–water partition coefficient (Wildman–Crippen LogP) is 2.01. The van der Waals surface area contributed by atoms with Gasteiger partial charge in [-0.3, -0.25) is 14.9 Å². The van der Waals surface area contributed by atoms with Gasteiger partial charge in [-0.2, -0.15) is 0 Å². The zero-order chi connectivity index (χ0) is 19.6. The van der Waals surface area contributed by atoms with Crippen molar-refractivity contribution in [1.82, 2.24) is 10.6 Å². The molecule has 3 rings (SSSR count). The molecule has 2 aromatic carbocycles. The molecule has 4 amide bonds. The quantitative estimate of drug-likeness (QED) is 0.699. The lowest BCUT2D eigenvalue weighted by molar-refractivity contribution is -0.123. The van der Waals surface area contributed by atoms with Crippen LogP contribution in [0.4, 0.5) is 10.5 Å². The number of amides is 4. The molecule has 0 spiro atoms. The van der Waals surface area contributed by atoms with Crippen LogP contribution >= 0.6 is 0 Å². The SMILES string of the molecule is COc1ccc(C(=O)Nc2ccc(C3(C)NC(=O)NC3=O)cc2)cc1OC. The largest absolute Gasteiger partial charge is 0.493 e. The highest BCUT2D eigenvalue weighted by molar-refractivity contribution is 6.07. The first-order valence-corrected chi connectivity index (χ1v) is 8.15. The number of carbonyl (C=O) groups is 3. The van der Waals surface area contributed by atoms with Gasteiger partial charge in [0, 0.05) is 11.3 Å². The molecule has 1 fully saturated rings. The van der Waals surface area contributed by atoms with Crippen LogP contribution in [0.3, 0.4) is 0 Å². The highest BCUT2D eigenvalue weighted by Gasteiger charge is 2.43. The number of anilines is 1. The van der Waals surface area contributed by atoms with Crippen LogP contribution in [-0.4, -0.2) is 32.1 Å². The second-order valence-electron chi connectivity index (χ2n) is 6.13. The van der Waals surface area contributed by atoms with Crippen molar-refractivity contribution in [1.29, 1.82) is 0 Å². The molecular formula is C19H19N3O5. The Kier molecular flexibility index (Phi) is 4.72. The Balaban J connectivity index is 1.76. The summed E-state index contributed by atoms with van der Waals surface area (Å²) in [5, 5.41) is 7.58. The first-order valence-electron chi connectivity index (χ1n) is 8.15. The van der Waals surface area contributed by atoms with E-state index in [0.29, 0.717) is 28.3 Å². The summed E-state index contributed by atoms with van der Waals surface area (Å²) in [5.74, 6) is 0.247. The van der Waals surface area contributed by atoms with Crippen molar-refractivity contribution in [3.05, 3.63) is 53.6 Å². The minimum Gasteiger partial charge on any atom is -0.493 e. The van der Waals surface area contributed by atoms with Gasteiger partial charge in [0.15, 0.2) is 11.5 Å². The van der Waals surface area contributed by atoms with Crippen LogP contribution in [0.25, 0.3) is 0 Å². The second-order valence-corrected chi connectivity index (χ2v) is 6.13. The number of rotatable bonds is 5. The fourth-order valence-corrected chi connectivity index (χ4v) is 2.81. The van der Waals surface area contributed by atoms with E-state index < -0.39 is 17.5 Å². The van der Waals surface area contributed by atoms with Gasteiger partial charge in [0.2, 0.25) is 0 Å². The topological polar surface area (TPSA) is 106 Å². The molecule has 1 unspecified atom stereocenters. The van der Waals surface area contributed by atoms with Gasteiger partial charge in [-0.25, -0.2) is 4.79 Å². The number of imide groups is 1. The molecule has 1 heterocycles. The monoisotopic (exact) mass is 369 g/mol. The maximum absolute atomic E-state index is 12.5. The Bertz CT molecular complexity index is 910. The van der Waals surface area contributed by atoms with Gasteiger partial charge in [-0.05, 0) is 42.8 Å². The molecule has 3 N–H and O–H groups in total. The Hall–Kier alpha value is -3.55. The molecule has 1 saturated heterocycles. The molecule has 0 saturated carbocycles. The molecule has 0 radical (unpaired) electrons. The Morgan fingerprint density at radius 3 is 2.22 bits per heavy atom. The van der Waals surface area contributed by atoms with Gasteiger partial charge < -0.3 is 20.1 Å². The molecule has 8 heteroatoms. The van der Waals surface area contributed by atoms with Crippen molar-refractivity contribution < 1.29 is 23.9 Å². The number of hydrogen-bond acceptors (Lipinski definition) is 5. The molecule has 1 aliphatic rings. The molecule has 1 aliphatic heterocycles. The average Bonchev–Trinajstić information content (AvgIpc) is 2.94. The number of hydrogen-bond donors (Lipinski definition) is 3. The summed E-state index contributed by atoms with van der Waals surface area (Å²) in [6, 6.07) is 11.0. The van der Waals surface area contributed by atoms with E-state index in [1.54, 1.807) is 49.4 Å². The summed E-state index contributed by atoms with van der Waals surface area (Å²) in [4.78, 5) is 35.8. The van der Waals surface area contributed by atoms with E-state index >= 15 is 0 Å². The number of methoxy groups -OCH3 is 2. The minimum absolute atomic E-state index is 0.318. The molecule has 140 valence electrons. The van der Waals surface area contributed by atoms with E-state index in [1.165, 1.54) is 14.2 Å². The normalized spacial score (nSPS) is 18.5. The van der Waals surface area contributed by atoms with Gasteiger partial charge in [-0.15, -0.1) is 0 Å². The van der Waals surface area contributed by atoms with E-state index in [1.807, 2.05) is 0 Å². The Labute approximate surface area is 155 Å². The molecule has 0 bridgehead atoms. The third-order valence-corrected chi connectivity index (χ3v) is 4.41. The molecule has 0 aliphatic carbocycles. The minimum atomic E-state index is -1.14. The smallest absolute Gasteiger partial charge is 0.322 e. The van der Waals surface area contributed by atoms with E-state index in [9.17, 15) is 14.4 Å². The van der Waals surface area contributed by atoms with Crippen molar-refractivity contribution in [3.8, 4) is 11.5 Å². The molecule has 27 heavy (non-hydrogen) atoms. The van der Waals surface area contributed by atoms with Gasteiger partial charge in [0.1, 0.15) is 5.54 Å². The molecule has 1 atom stereocenters. The van der Waals surface area contributed by atoms with Crippen LogP contribution in [0, 0.1) is 0 Å². The molecular weight excluding hydrogens is 350 g/mol. The lowest BCUT2D eigenvalue weighted by Crippen LogP contribution is -2.40. The number of carbonyl (C=O) groups excluding carboxylic acids is 3. The van der Waals surface area contributed by atoms with Crippen molar-refractivity contribution >= 4 is 23.5 Å². The zero-order valence-corrected chi connectivity index (χ0v) is 15.1. The van der Waals surface area contributed by atoms with E-state index in [2.05, 4.69) is 16.0 Å². The second kappa shape index (κ2) is 6.99. The van der Waals surface area contributed by atoms with Crippen molar-refractivity contribution in [2.24, 2.45) is 0 Å². The van der Waals surface area contributed by atoms with E-state index in [-0.39, 0.29) is 5.91 Å². The molecule has 2 aromatic rings. The molecule has 8 nitrogen and oxygen atoms in total.